The molecule has 2 amide bonds. The minimum absolute atomic E-state index is 0.161. The summed E-state index contributed by atoms with van der Waals surface area (Å²) in [5, 5.41) is -0.105. The number of anilines is 1. The summed E-state index contributed by atoms with van der Waals surface area (Å²) < 4.78 is 5.13. The van der Waals surface area contributed by atoms with Crippen molar-refractivity contribution in [2.45, 2.75) is 23.1 Å². The van der Waals surface area contributed by atoms with Crippen molar-refractivity contribution >= 4 is 52.6 Å². The molecule has 5 rings (SSSR count). The lowest BCUT2D eigenvalue weighted by Gasteiger charge is -2.27. The Morgan fingerprint density at radius 1 is 1.06 bits per heavy atom. The van der Waals surface area contributed by atoms with Crippen molar-refractivity contribution in [2.75, 3.05) is 11.5 Å². The van der Waals surface area contributed by atoms with Crippen LogP contribution in [0.2, 0.25) is 0 Å². The highest BCUT2D eigenvalue weighted by Crippen LogP contribution is 2.51. The van der Waals surface area contributed by atoms with Gasteiger partial charge in [-0.05, 0) is 24.6 Å². The number of para-hydroxylation sites is 1. The highest BCUT2D eigenvalue weighted by atomic mass is 32.2. The van der Waals surface area contributed by atoms with Crippen LogP contribution in [0.15, 0.2) is 70.5 Å². The van der Waals surface area contributed by atoms with E-state index >= 15 is 0 Å². The number of carbonyl (C=O) groups excluding carboxylic acids is 3. The van der Waals surface area contributed by atoms with Crippen molar-refractivity contribution in [1.29, 1.82) is 0 Å². The topological polar surface area (TPSA) is 96.5 Å². The lowest BCUT2D eigenvalue weighted by Crippen LogP contribution is -2.33. The van der Waals surface area contributed by atoms with Crippen LogP contribution in [0.5, 0.6) is 0 Å². The predicted molar refractivity (Wildman–Crippen MR) is 131 cm³/mol. The zero-order chi connectivity index (χ0) is 23.8. The summed E-state index contributed by atoms with van der Waals surface area (Å²) in [6.07, 6.45) is 3.79. The summed E-state index contributed by atoms with van der Waals surface area (Å²) in [5.74, 6) is -2.56. The monoisotopic (exact) mass is 492 g/mol. The van der Waals surface area contributed by atoms with Crippen molar-refractivity contribution < 1.29 is 19.1 Å². The molecule has 1 aromatic heterocycles. The number of esters is 1. The van der Waals surface area contributed by atoms with Crippen molar-refractivity contribution in [3.8, 4) is 0 Å². The Morgan fingerprint density at radius 3 is 2.56 bits per heavy atom. The lowest BCUT2D eigenvalue weighted by molar-refractivity contribution is -0.122. The Morgan fingerprint density at radius 2 is 1.79 bits per heavy atom. The first-order valence-electron chi connectivity index (χ1n) is 10.8. The second kappa shape index (κ2) is 9.08. The zero-order valence-corrected chi connectivity index (χ0v) is 19.7. The Bertz CT molecular complexity index is 1360. The van der Waals surface area contributed by atoms with Crippen molar-refractivity contribution in [1.82, 2.24) is 4.98 Å². The molecule has 1 saturated heterocycles. The maximum Gasteiger partial charge on any atom is 0.340 e. The summed E-state index contributed by atoms with van der Waals surface area (Å²) in [5.41, 5.74) is 1.32. The third-order valence-corrected chi connectivity index (χ3v) is 8.23. The molecule has 0 saturated carbocycles. The van der Waals surface area contributed by atoms with E-state index in [1.807, 2.05) is 42.5 Å². The molecule has 2 aromatic carbocycles. The third-order valence-electron chi connectivity index (χ3n) is 5.81. The number of rotatable bonds is 5. The largest absolute Gasteiger partial charge is 0.462 e. The molecule has 3 aromatic rings. The number of thioether (sulfide) groups is 1. The number of hydrogen-bond acceptors (Lipinski definition) is 7. The first kappa shape index (κ1) is 22.4. The number of nitrogens with zero attached hydrogens (tertiary/aromatic N) is 1. The molecule has 0 radical (unpaired) electrons. The third kappa shape index (κ3) is 3.80. The number of nitrogens with one attached hydrogen (secondary N) is 1. The lowest BCUT2D eigenvalue weighted by atomic mass is 9.88. The van der Waals surface area contributed by atoms with Gasteiger partial charge in [-0.1, -0.05) is 77.7 Å². The molecular weight excluding hydrogens is 472 g/mol. The maximum absolute atomic E-state index is 13.7. The van der Waals surface area contributed by atoms with E-state index in [-0.39, 0.29) is 22.7 Å². The van der Waals surface area contributed by atoms with Gasteiger partial charge in [0.25, 0.3) is 0 Å². The van der Waals surface area contributed by atoms with Gasteiger partial charge < -0.3 is 9.72 Å². The fourth-order valence-corrected chi connectivity index (χ4v) is 6.82. The highest BCUT2D eigenvalue weighted by Gasteiger charge is 2.55. The number of carbonyl (C=O) groups is 3. The molecular formula is C25H20N2O5S2. The van der Waals surface area contributed by atoms with Crippen LogP contribution in [0.4, 0.5) is 5.69 Å². The van der Waals surface area contributed by atoms with Crippen LogP contribution in [-0.4, -0.2) is 34.6 Å². The van der Waals surface area contributed by atoms with Crippen molar-refractivity contribution in [2.24, 2.45) is 5.92 Å². The summed E-state index contributed by atoms with van der Waals surface area (Å²) in [7, 11) is 0. The van der Waals surface area contributed by atoms with Crippen LogP contribution >= 0.6 is 23.1 Å². The minimum Gasteiger partial charge on any atom is -0.462 e. The van der Waals surface area contributed by atoms with Crippen LogP contribution in [-0.2, 0) is 14.3 Å². The molecule has 34 heavy (non-hydrogen) atoms. The number of amides is 2. The summed E-state index contributed by atoms with van der Waals surface area (Å²) in [6.45, 7) is 1.87. The predicted octanol–water partition coefficient (Wildman–Crippen LogP) is 4.07. The first-order valence-corrected chi connectivity index (χ1v) is 12.5. The van der Waals surface area contributed by atoms with Crippen LogP contribution < -0.4 is 9.77 Å². The number of ether oxygens (including phenoxy) is 1. The second-order valence-electron chi connectivity index (χ2n) is 7.82. The fraction of sp³-hybridized carbons (Fsp3) is 0.200. The van der Waals surface area contributed by atoms with Gasteiger partial charge in [-0.15, -0.1) is 0 Å². The summed E-state index contributed by atoms with van der Waals surface area (Å²) in [4.78, 5) is 56.4. The Kier molecular flexibility index (Phi) is 5.97. The molecule has 1 fully saturated rings. The molecule has 3 atom stereocenters. The van der Waals surface area contributed by atoms with Crippen LogP contribution in [0.1, 0.15) is 33.6 Å². The molecule has 7 nitrogen and oxygen atoms in total. The normalized spacial score (nSPS) is 21.6. The molecule has 3 heterocycles. The van der Waals surface area contributed by atoms with Crippen molar-refractivity contribution in [3.63, 3.8) is 0 Å². The fourth-order valence-electron chi connectivity index (χ4n) is 4.33. The molecule has 1 N–H and O–H groups in total. The Labute approximate surface area is 203 Å². The first-order chi connectivity index (χ1) is 16.5. The molecule has 2 aliphatic heterocycles. The Hall–Kier alpha value is -3.43. The van der Waals surface area contributed by atoms with E-state index in [1.165, 1.54) is 11.8 Å². The van der Waals surface area contributed by atoms with Gasteiger partial charge in [0.1, 0.15) is 5.25 Å². The zero-order valence-electron chi connectivity index (χ0n) is 18.1. The SMILES string of the molecule is CCOC(=O)c1ccccc1N1C(=O)[C@H]2[C@@H](Sc3[nH]c(=O)sc3[C@@H]2/C=C/c2ccccc2)C1=O. The van der Waals surface area contributed by atoms with Crippen LogP contribution in [0.3, 0.4) is 0 Å². The number of aromatic amines is 1. The quantitative estimate of drug-likeness (QED) is 0.426. The van der Waals surface area contributed by atoms with Gasteiger partial charge in [0, 0.05) is 10.8 Å². The molecule has 0 aliphatic carbocycles. The van der Waals surface area contributed by atoms with Gasteiger partial charge in [-0.3, -0.25) is 14.4 Å². The van der Waals surface area contributed by atoms with E-state index in [0.29, 0.717) is 5.03 Å². The second-order valence-corrected chi connectivity index (χ2v) is 9.98. The van der Waals surface area contributed by atoms with Gasteiger partial charge in [-0.25, -0.2) is 9.69 Å². The maximum atomic E-state index is 13.7. The molecule has 9 heteroatoms. The number of imide groups is 1. The average molecular weight is 493 g/mol. The van der Waals surface area contributed by atoms with Crippen molar-refractivity contribution in [3.05, 3.63) is 86.3 Å². The number of hydrogen-bond donors (Lipinski definition) is 1. The van der Waals surface area contributed by atoms with Gasteiger partial charge in [0.15, 0.2) is 0 Å². The summed E-state index contributed by atoms with van der Waals surface area (Å²) >= 11 is 2.26. The van der Waals surface area contributed by atoms with E-state index in [9.17, 15) is 19.2 Å². The average Bonchev–Trinajstić information content (AvgIpc) is 3.33. The highest BCUT2D eigenvalue weighted by molar-refractivity contribution is 8.00. The Balaban J connectivity index is 1.57. The van der Waals surface area contributed by atoms with E-state index in [2.05, 4.69) is 4.98 Å². The smallest absolute Gasteiger partial charge is 0.340 e. The number of H-pyrrole nitrogens is 1. The van der Waals surface area contributed by atoms with E-state index < -0.39 is 34.9 Å². The molecule has 0 spiro atoms. The number of benzene rings is 2. The van der Waals surface area contributed by atoms with Gasteiger partial charge >= 0.3 is 10.8 Å². The van der Waals surface area contributed by atoms with E-state index in [1.54, 1.807) is 31.2 Å². The number of fused-ring (bicyclic) bond motifs is 2. The van der Waals surface area contributed by atoms with Gasteiger partial charge in [-0.2, -0.15) is 0 Å². The van der Waals surface area contributed by atoms with Gasteiger partial charge in [0.05, 0.1) is 28.8 Å². The van der Waals surface area contributed by atoms with Crippen LogP contribution in [0, 0.1) is 5.92 Å². The standard InChI is InChI=1S/C25H20N2O5S2/c1-2-32-24(30)15-10-6-7-11-17(15)27-22(28)18-16(13-12-14-8-4-3-5-9-14)19-21(26-25(31)34-19)33-20(18)23(27)29/h3-13,16,18,20H,2H2,1H3,(H,26,31)/b13-12+/t16-,18-,20-/m1/s1. The molecule has 0 bridgehead atoms. The number of aromatic nitrogens is 1. The number of allylic oxidation sites excluding steroid dienone is 1. The minimum atomic E-state index is -0.717. The summed E-state index contributed by atoms with van der Waals surface area (Å²) in [6, 6.07) is 16.1. The van der Waals surface area contributed by atoms with E-state index in [0.717, 1.165) is 26.7 Å². The molecule has 2 aliphatic rings. The van der Waals surface area contributed by atoms with Gasteiger partial charge in [0.2, 0.25) is 11.8 Å². The van der Waals surface area contributed by atoms with Crippen LogP contribution in [0.25, 0.3) is 6.08 Å². The van der Waals surface area contributed by atoms with E-state index in [4.69, 9.17) is 4.74 Å². The molecule has 172 valence electrons. The molecule has 0 unspecified atom stereocenters. The number of thiazole rings is 1.